The molecule has 0 unspecified atom stereocenters. The minimum absolute atomic E-state index is 0. The van der Waals surface area contributed by atoms with E-state index in [4.69, 9.17) is 14.2 Å². The number of methoxy groups -OCH3 is 1. The Bertz CT molecular complexity index is 2300. The first kappa shape index (κ1) is 57.7. The summed E-state index contributed by atoms with van der Waals surface area (Å²) in [5, 5.41) is 9.83. The Labute approximate surface area is 433 Å². The van der Waals surface area contributed by atoms with Crippen molar-refractivity contribution in [3.8, 4) is 11.5 Å². The van der Waals surface area contributed by atoms with E-state index in [1.807, 2.05) is 66.7 Å². The SMILES string of the molecule is CC(C)N(CC[C@H](c1ccccc1)c1cc(CO)ccc1OCc1ccccc1)C(C)C.COC(=O)c1ccc(OCc2ccccc2)c([C@H](CC[NH+](C(C)C)C(C)C)c2ccccc2)c1.[AlH3].[H-].[Li+]. The van der Waals surface area contributed by atoms with E-state index in [9.17, 15) is 9.90 Å². The first-order valence-electron chi connectivity index (χ1n) is 23.9. The molecule has 9 heteroatoms. The summed E-state index contributed by atoms with van der Waals surface area (Å²) in [6.07, 6.45) is 1.93. The molecule has 0 fully saturated rings. The van der Waals surface area contributed by atoms with Gasteiger partial charge in [0.2, 0.25) is 0 Å². The van der Waals surface area contributed by atoms with Crippen LogP contribution in [0.1, 0.15) is 131 Å². The molecule has 6 aromatic carbocycles. The van der Waals surface area contributed by atoms with Crippen LogP contribution in [0.15, 0.2) is 158 Å². The number of aliphatic hydroxyl groups excluding tert-OH is 1. The van der Waals surface area contributed by atoms with Crippen LogP contribution in [0, 0.1) is 0 Å². The van der Waals surface area contributed by atoms with E-state index in [0.717, 1.165) is 65.2 Å². The number of carbonyl (C=O) groups is 1. The summed E-state index contributed by atoms with van der Waals surface area (Å²) in [5.41, 5.74) is 8.38. The van der Waals surface area contributed by atoms with E-state index in [-0.39, 0.29) is 62.1 Å². The summed E-state index contributed by atoms with van der Waals surface area (Å²) in [7, 11) is 1.42. The molecule has 0 spiro atoms. The topological polar surface area (TPSA) is 72.7 Å². The molecular formula is C59H79AlLiN2O5+. The number of quaternary nitrogens is 1. The molecule has 0 aliphatic rings. The maximum atomic E-state index is 12.4. The van der Waals surface area contributed by atoms with Crippen LogP contribution in [-0.2, 0) is 24.6 Å². The first-order chi connectivity index (χ1) is 31.9. The Morgan fingerprint density at radius 1 is 0.574 bits per heavy atom. The molecule has 0 amide bonds. The molecule has 0 aliphatic carbocycles. The van der Waals surface area contributed by atoms with Crippen LogP contribution in [0.4, 0.5) is 0 Å². The molecule has 68 heavy (non-hydrogen) atoms. The number of carbonyl (C=O) groups excluding carboxylic acids is 1. The minimum Gasteiger partial charge on any atom is -1.00 e. The number of ether oxygens (including phenoxy) is 3. The van der Waals surface area contributed by atoms with Crippen molar-refractivity contribution in [3.63, 3.8) is 0 Å². The van der Waals surface area contributed by atoms with Crippen LogP contribution >= 0.6 is 0 Å². The molecule has 2 N–H and O–H groups in total. The fourth-order valence-electron chi connectivity index (χ4n) is 9.09. The van der Waals surface area contributed by atoms with Gasteiger partial charge in [0.05, 0.1) is 37.9 Å². The van der Waals surface area contributed by atoms with Gasteiger partial charge in [-0.05, 0) is 127 Å². The van der Waals surface area contributed by atoms with Crippen LogP contribution in [0.5, 0.6) is 11.5 Å². The zero-order valence-corrected chi connectivity index (χ0v) is 42.0. The van der Waals surface area contributed by atoms with Crippen molar-refractivity contribution in [2.75, 3.05) is 20.2 Å². The van der Waals surface area contributed by atoms with Gasteiger partial charge in [-0.15, -0.1) is 0 Å². The summed E-state index contributed by atoms with van der Waals surface area (Å²) in [5.74, 6) is 1.65. The van der Waals surface area contributed by atoms with Gasteiger partial charge in [-0.1, -0.05) is 127 Å². The molecular weight excluding hydrogens is 851 g/mol. The van der Waals surface area contributed by atoms with E-state index >= 15 is 0 Å². The van der Waals surface area contributed by atoms with Gasteiger partial charge in [0.15, 0.2) is 17.4 Å². The number of hydrogen-bond donors (Lipinski definition) is 2. The van der Waals surface area contributed by atoms with Gasteiger partial charge in [-0.3, -0.25) is 4.90 Å². The number of aliphatic hydroxyl groups is 1. The monoisotopic (exact) mass is 930 g/mol. The molecule has 0 heterocycles. The van der Waals surface area contributed by atoms with Crippen molar-refractivity contribution in [2.24, 2.45) is 0 Å². The standard InChI is InChI=1S/C30H37NO3.C29H37NO2.Al.Li.4H/c1-22(2)31(23(3)4)19-18-27(25-14-10-7-11-15-25)28-20-26(30(32)33-5)16-17-29(28)34-21-24-12-8-6-9-13-24;1-22(2)30(23(3)4)18-17-27(26-13-9-6-10-14-26)28-19-25(20-31)15-16-29(28)32-21-24-11-7-5-8-12-24;;;;;;/h6-17,20,22-23,27H,18-19,21H2,1-5H3;5-16,19,22-23,27,31H,17-18,20-21H2,1-4H3;;;;;;/q;;;+1;;;;-1/p+1/t2*27-;;;;;;/m11....../s1. The van der Waals surface area contributed by atoms with E-state index in [1.165, 1.54) is 18.2 Å². The molecule has 0 aliphatic heterocycles. The van der Waals surface area contributed by atoms with Gasteiger partial charge < -0.3 is 25.6 Å². The van der Waals surface area contributed by atoms with Crippen molar-refractivity contribution in [2.45, 2.75) is 124 Å². The van der Waals surface area contributed by atoms with E-state index in [2.05, 4.69) is 145 Å². The molecule has 0 aromatic heterocycles. The Morgan fingerprint density at radius 3 is 1.43 bits per heavy atom. The Balaban J connectivity index is 0.000000454. The average molecular weight is 930 g/mol. The number of nitrogens with one attached hydrogen (secondary N) is 1. The zero-order valence-electron chi connectivity index (χ0n) is 43.0. The Morgan fingerprint density at radius 2 is 1.00 bits per heavy atom. The molecule has 0 bridgehead atoms. The van der Waals surface area contributed by atoms with Crippen LogP contribution in [0.3, 0.4) is 0 Å². The van der Waals surface area contributed by atoms with Crippen molar-refractivity contribution >= 4 is 23.3 Å². The molecule has 0 saturated heterocycles. The fraction of sp³-hybridized carbons (Fsp3) is 0.373. The van der Waals surface area contributed by atoms with E-state index in [0.29, 0.717) is 42.9 Å². The summed E-state index contributed by atoms with van der Waals surface area (Å²) >= 11 is 0. The second kappa shape index (κ2) is 30.1. The van der Waals surface area contributed by atoms with Crippen LogP contribution in [0.2, 0.25) is 0 Å². The van der Waals surface area contributed by atoms with Gasteiger partial charge in [0.1, 0.15) is 24.7 Å². The molecule has 2 atom stereocenters. The second-order valence-electron chi connectivity index (χ2n) is 18.4. The smallest absolute Gasteiger partial charge is 1.00 e. The maximum Gasteiger partial charge on any atom is 1.00 e. The molecule has 0 radical (unpaired) electrons. The molecule has 0 saturated carbocycles. The predicted octanol–water partition coefficient (Wildman–Crippen LogP) is 7.61. The van der Waals surface area contributed by atoms with Crippen molar-refractivity contribution in [1.82, 2.24) is 4.90 Å². The van der Waals surface area contributed by atoms with Gasteiger partial charge >= 0.3 is 24.8 Å². The second-order valence-corrected chi connectivity index (χ2v) is 18.4. The first-order valence-corrected chi connectivity index (χ1v) is 23.9. The molecule has 6 rings (SSSR count). The Kier molecular flexibility index (Phi) is 25.6. The van der Waals surface area contributed by atoms with E-state index in [1.54, 1.807) is 11.0 Å². The van der Waals surface area contributed by atoms with Crippen molar-refractivity contribution in [1.29, 1.82) is 0 Å². The molecule has 7 nitrogen and oxygen atoms in total. The maximum absolute atomic E-state index is 12.4. The van der Waals surface area contributed by atoms with Gasteiger partial charge in [-0.25, -0.2) is 4.79 Å². The fourth-order valence-corrected chi connectivity index (χ4v) is 9.09. The predicted molar refractivity (Wildman–Crippen MR) is 282 cm³/mol. The van der Waals surface area contributed by atoms with Crippen molar-refractivity contribution in [3.05, 3.63) is 202 Å². The summed E-state index contributed by atoms with van der Waals surface area (Å²) in [6.45, 7) is 21.2. The van der Waals surface area contributed by atoms with Crippen LogP contribution in [0.25, 0.3) is 0 Å². The third-order valence-electron chi connectivity index (χ3n) is 12.5. The molecule has 358 valence electrons. The summed E-state index contributed by atoms with van der Waals surface area (Å²) < 4.78 is 17.7. The van der Waals surface area contributed by atoms with Gasteiger partial charge in [0, 0.05) is 41.5 Å². The minimum atomic E-state index is -0.334. The van der Waals surface area contributed by atoms with Crippen LogP contribution in [-0.4, -0.2) is 77.7 Å². The van der Waals surface area contributed by atoms with Crippen LogP contribution < -0.4 is 33.2 Å². The normalized spacial score (nSPS) is 12.0. The third kappa shape index (κ3) is 17.4. The number of rotatable bonds is 22. The quantitative estimate of drug-likeness (QED) is 0.0540. The average Bonchev–Trinajstić information content (AvgIpc) is 3.33. The number of esters is 1. The molecule has 6 aromatic rings. The van der Waals surface area contributed by atoms with Gasteiger partial charge in [0.25, 0.3) is 0 Å². The summed E-state index contributed by atoms with van der Waals surface area (Å²) in [4.78, 5) is 16.5. The number of hydrogen-bond acceptors (Lipinski definition) is 6. The Hall–Kier alpha value is -4.60. The number of benzene rings is 6. The third-order valence-corrected chi connectivity index (χ3v) is 12.5. The zero-order chi connectivity index (χ0) is 47.4. The largest absolute Gasteiger partial charge is 1.00 e. The van der Waals surface area contributed by atoms with Crippen molar-refractivity contribution < 1.29 is 49.3 Å². The number of nitrogens with zero attached hydrogens (tertiary/aromatic N) is 1. The van der Waals surface area contributed by atoms with Gasteiger partial charge in [-0.2, -0.15) is 0 Å². The summed E-state index contributed by atoms with van der Waals surface area (Å²) in [6, 6.07) is 55.4. The van der Waals surface area contributed by atoms with E-state index < -0.39 is 0 Å².